The van der Waals surface area contributed by atoms with Crippen molar-refractivity contribution in [2.24, 2.45) is 0 Å². The van der Waals surface area contributed by atoms with E-state index in [1.165, 1.54) is 10.4 Å². The van der Waals surface area contributed by atoms with Gasteiger partial charge in [-0.25, -0.2) is 0 Å². The molecule has 2 unspecified atom stereocenters. The Morgan fingerprint density at radius 1 is 1.18 bits per heavy atom. The smallest absolute Gasteiger partial charge is 0.0991 e. The summed E-state index contributed by atoms with van der Waals surface area (Å²) in [4.78, 5) is 2.15. The highest BCUT2D eigenvalue weighted by atomic mass is 32.2. The van der Waals surface area contributed by atoms with Crippen LogP contribution in [0.5, 0.6) is 0 Å². The summed E-state index contributed by atoms with van der Waals surface area (Å²) < 4.78 is 12.0. The first-order valence-electron chi connectivity index (χ1n) is 9.27. The topological polar surface area (TPSA) is 40.9 Å². The molecule has 3 rings (SSSR count). The lowest BCUT2D eigenvalue weighted by Gasteiger charge is -2.20. The van der Waals surface area contributed by atoms with Crippen molar-refractivity contribution in [1.82, 2.24) is 0 Å². The molecule has 142 valence electrons. The molecule has 0 aliphatic carbocycles. The summed E-state index contributed by atoms with van der Waals surface area (Å²) in [5, 5.41) is 11.3. The summed E-state index contributed by atoms with van der Waals surface area (Å²) >= 11 is 1.74. The third kappa shape index (κ3) is 4.32. The van der Waals surface area contributed by atoms with Gasteiger partial charge in [0.15, 0.2) is 0 Å². The van der Waals surface area contributed by atoms with Gasteiger partial charge in [0, 0.05) is 27.4 Å². The van der Waals surface area contributed by atoms with Gasteiger partial charge >= 0.3 is 0 Å². The highest BCUT2D eigenvalue weighted by Gasteiger charge is 2.20. The molecule has 0 N–H and O–H groups in total. The molecule has 28 heavy (non-hydrogen) atoms. The van der Waals surface area contributed by atoms with E-state index >= 15 is 0 Å². The number of allylic oxidation sites excluding steroid dienone is 1. The predicted octanol–water partition coefficient (Wildman–Crippen LogP) is 6.49. The maximum absolute atomic E-state index is 12.0. The van der Waals surface area contributed by atoms with Crippen LogP contribution in [0, 0.1) is 11.3 Å². The molecule has 0 amide bonds. The molecular weight excluding hydrogens is 382 g/mol. The van der Waals surface area contributed by atoms with Crippen molar-refractivity contribution in [3.63, 3.8) is 0 Å². The van der Waals surface area contributed by atoms with Gasteiger partial charge in [0.25, 0.3) is 0 Å². The van der Waals surface area contributed by atoms with Crippen LogP contribution in [0.4, 0.5) is 0 Å². The van der Waals surface area contributed by atoms with Crippen LogP contribution in [0.3, 0.4) is 0 Å². The van der Waals surface area contributed by atoms with E-state index in [4.69, 9.17) is 5.26 Å². The molecule has 2 aromatic carbocycles. The molecule has 1 heterocycles. The van der Waals surface area contributed by atoms with E-state index in [9.17, 15) is 4.21 Å². The van der Waals surface area contributed by atoms with Gasteiger partial charge in [-0.15, -0.1) is 17.9 Å². The standard InChI is InChI=1S/C24H23NOS2/c1-4-23(19-9-11-22(12-10-19)28(26)5-2)17(3)24-14-21(16-27-24)20-8-6-7-18(13-20)15-25/h4,6-14,16-17,23H,1,5H2,2-3H3/t17?,23-,28?/m0/s1. The molecule has 0 bridgehead atoms. The zero-order chi connectivity index (χ0) is 20.1. The number of nitrogens with zero attached hydrogens (tertiary/aromatic N) is 1. The van der Waals surface area contributed by atoms with Crippen molar-refractivity contribution in [3.05, 3.63) is 88.6 Å². The Balaban J connectivity index is 1.85. The van der Waals surface area contributed by atoms with Gasteiger partial charge in [-0.1, -0.05) is 44.2 Å². The van der Waals surface area contributed by atoms with E-state index in [0.29, 0.717) is 11.3 Å². The fraction of sp³-hybridized carbons (Fsp3) is 0.208. The lowest BCUT2D eigenvalue weighted by atomic mass is 9.86. The highest BCUT2D eigenvalue weighted by molar-refractivity contribution is 7.85. The van der Waals surface area contributed by atoms with E-state index in [-0.39, 0.29) is 11.8 Å². The molecule has 0 aliphatic rings. The van der Waals surface area contributed by atoms with Gasteiger partial charge in [0.1, 0.15) is 0 Å². The maximum Gasteiger partial charge on any atom is 0.0991 e. The van der Waals surface area contributed by atoms with Crippen LogP contribution >= 0.6 is 11.3 Å². The van der Waals surface area contributed by atoms with E-state index in [0.717, 1.165) is 16.0 Å². The van der Waals surface area contributed by atoms with Crippen molar-refractivity contribution < 1.29 is 4.21 Å². The fourth-order valence-electron chi connectivity index (χ4n) is 3.33. The fourth-order valence-corrected chi connectivity index (χ4v) is 5.12. The second-order valence-electron chi connectivity index (χ2n) is 6.68. The number of nitriles is 1. The molecule has 0 spiro atoms. The summed E-state index contributed by atoms with van der Waals surface area (Å²) in [6.45, 7) is 8.20. The van der Waals surface area contributed by atoms with Gasteiger partial charge < -0.3 is 0 Å². The third-order valence-electron chi connectivity index (χ3n) is 4.98. The first-order chi connectivity index (χ1) is 13.6. The SMILES string of the molecule is C=C[C@H](c1ccc(S(=O)CC)cc1)C(C)c1cc(-c2cccc(C#N)c2)cs1. The Morgan fingerprint density at radius 3 is 2.57 bits per heavy atom. The van der Waals surface area contributed by atoms with Gasteiger partial charge in [0.05, 0.1) is 22.4 Å². The summed E-state index contributed by atoms with van der Waals surface area (Å²) in [6.07, 6.45) is 1.99. The van der Waals surface area contributed by atoms with E-state index < -0.39 is 10.8 Å². The van der Waals surface area contributed by atoms with E-state index in [1.807, 2.05) is 49.4 Å². The normalized spacial score (nSPS) is 14.0. The lowest BCUT2D eigenvalue weighted by Crippen LogP contribution is -2.05. The van der Waals surface area contributed by atoms with Gasteiger partial charge in [-0.2, -0.15) is 5.26 Å². The highest BCUT2D eigenvalue weighted by Crippen LogP contribution is 2.39. The number of hydrogen-bond acceptors (Lipinski definition) is 3. The van der Waals surface area contributed by atoms with Crippen LogP contribution in [0.2, 0.25) is 0 Å². The molecule has 0 fully saturated rings. The second kappa shape index (κ2) is 9.14. The minimum atomic E-state index is -0.928. The van der Waals surface area contributed by atoms with Gasteiger partial charge in [-0.05, 0) is 52.4 Å². The molecular formula is C24H23NOS2. The Hall–Kier alpha value is -2.48. The van der Waals surface area contributed by atoms with Gasteiger partial charge in [-0.3, -0.25) is 4.21 Å². The van der Waals surface area contributed by atoms with Crippen molar-refractivity contribution in [2.75, 3.05) is 5.75 Å². The quantitative estimate of drug-likeness (QED) is 0.422. The van der Waals surface area contributed by atoms with Crippen molar-refractivity contribution in [3.8, 4) is 17.2 Å². The molecule has 0 saturated heterocycles. The van der Waals surface area contributed by atoms with Crippen LogP contribution in [0.15, 0.2) is 77.5 Å². The first-order valence-corrected chi connectivity index (χ1v) is 11.5. The van der Waals surface area contributed by atoms with Crippen LogP contribution in [0.25, 0.3) is 11.1 Å². The van der Waals surface area contributed by atoms with Gasteiger partial charge in [0.2, 0.25) is 0 Å². The van der Waals surface area contributed by atoms with Crippen LogP contribution in [-0.2, 0) is 10.8 Å². The second-order valence-corrected chi connectivity index (χ2v) is 9.37. The minimum absolute atomic E-state index is 0.182. The molecule has 3 atom stereocenters. The number of benzene rings is 2. The summed E-state index contributed by atoms with van der Waals surface area (Å²) in [5.74, 6) is 1.09. The average Bonchev–Trinajstić information content (AvgIpc) is 3.24. The lowest BCUT2D eigenvalue weighted by molar-refractivity contribution is 0.682. The number of hydrogen-bond donors (Lipinski definition) is 0. The third-order valence-corrected chi connectivity index (χ3v) is 7.43. The number of rotatable bonds is 7. The molecule has 2 nitrogen and oxygen atoms in total. The molecule has 0 aliphatic heterocycles. The summed E-state index contributed by atoms with van der Waals surface area (Å²) in [6, 6.07) is 20.2. The van der Waals surface area contributed by atoms with Crippen LogP contribution in [-0.4, -0.2) is 9.96 Å². The summed E-state index contributed by atoms with van der Waals surface area (Å²) in [5.41, 5.74) is 4.06. The molecule has 3 aromatic rings. The Morgan fingerprint density at radius 2 is 1.93 bits per heavy atom. The predicted molar refractivity (Wildman–Crippen MR) is 119 cm³/mol. The monoisotopic (exact) mass is 405 g/mol. The zero-order valence-electron chi connectivity index (χ0n) is 16.1. The molecule has 1 aromatic heterocycles. The molecule has 0 radical (unpaired) electrons. The van der Waals surface area contributed by atoms with E-state index in [1.54, 1.807) is 11.3 Å². The van der Waals surface area contributed by atoms with Crippen molar-refractivity contribution in [2.45, 2.75) is 30.6 Å². The molecule has 4 heteroatoms. The van der Waals surface area contributed by atoms with Crippen LogP contribution in [0.1, 0.15) is 41.7 Å². The Labute approximate surface area is 173 Å². The number of thiophene rings is 1. The molecule has 0 saturated carbocycles. The average molecular weight is 406 g/mol. The zero-order valence-corrected chi connectivity index (χ0v) is 17.7. The van der Waals surface area contributed by atoms with Crippen molar-refractivity contribution in [1.29, 1.82) is 5.26 Å². The Bertz CT molecular complexity index is 1030. The van der Waals surface area contributed by atoms with Crippen LogP contribution < -0.4 is 0 Å². The Kier molecular flexibility index (Phi) is 6.61. The minimum Gasteiger partial charge on any atom is -0.254 e. The van der Waals surface area contributed by atoms with E-state index in [2.05, 4.69) is 43.2 Å². The first kappa shape index (κ1) is 20.3. The maximum atomic E-state index is 12.0. The summed E-state index contributed by atoms with van der Waals surface area (Å²) in [7, 11) is -0.928. The van der Waals surface area contributed by atoms with Crippen molar-refractivity contribution >= 4 is 22.1 Å². The largest absolute Gasteiger partial charge is 0.254 e.